The summed E-state index contributed by atoms with van der Waals surface area (Å²) in [5.74, 6) is 0.681. The summed E-state index contributed by atoms with van der Waals surface area (Å²) in [6.07, 6.45) is 17.0. The van der Waals surface area contributed by atoms with Crippen molar-refractivity contribution in [2.75, 3.05) is 9.80 Å². The first-order valence-corrected chi connectivity index (χ1v) is 16.9. The minimum atomic E-state index is 0.542. The van der Waals surface area contributed by atoms with Crippen LogP contribution in [0.5, 0.6) is 0 Å². The molecule has 2 aliphatic rings. The van der Waals surface area contributed by atoms with Gasteiger partial charge in [0.1, 0.15) is 0 Å². The third-order valence-electron chi connectivity index (χ3n) is 9.89. The first kappa shape index (κ1) is 29.7. The van der Waals surface area contributed by atoms with Gasteiger partial charge >= 0.3 is 0 Å². The van der Waals surface area contributed by atoms with Gasteiger partial charge in [-0.2, -0.15) is 0 Å². The lowest BCUT2D eigenvalue weighted by Crippen LogP contribution is -2.46. The highest BCUT2D eigenvalue weighted by Gasteiger charge is 2.32. The number of aryl methyl sites for hydroxylation is 2. The topological polar surface area (TPSA) is 6.48 Å². The van der Waals surface area contributed by atoms with Crippen molar-refractivity contribution < 1.29 is 0 Å². The van der Waals surface area contributed by atoms with Gasteiger partial charge in [-0.3, -0.25) is 0 Å². The Labute approximate surface area is 251 Å². The van der Waals surface area contributed by atoms with E-state index in [2.05, 4.69) is 110 Å². The van der Waals surface area contributed by atoms with E-state index in [1.165, 1.54) is 112 Å². The number of anilines is 3. The van der Waals surface area contributed by atoms with Crippen LogP contribution in [0, 0.1) is 13.8 Å². The molecule has 0 spiro atoms. The van der Waals surface area contributed by atoms with Gasteiger partial charge in [0.05, 0.1) is 0 Å². The van der Waals surface area contributed by atoms with Gasteiger partial charge in [0.25, 0.3) is 0 Å². The molecule has 0 heterocycles. The second-order valence-corrected chi connectivity index (χ2v) is 13.1. The zero-order valence-corrected chi connectivity index (χ0v) is 26.3. The summed E-state index contributed by atoms with van der Waals surface area (Å²) in [7, 11) is 0. The van der Waals surface area contributed by atoms with Crippen LogP contribution in [0.2, 0.25) is 0 Å². The average Bonchev–Trinajstić information content (AvgIpc) is 2.99. The molecule has 2 saturated carbocycles. The van der Waals surface area contributed by atoms with E-state index in [9.17, 15) is 0 Å². The van der Waals surface area contributed by atoms with E-state index >= 15 is 0 Å². The van der Waals surface area contributed by atoms with Crippen molar-refractivity contribution in [2.24, 2.45) is 0 Å². The fourth-order valence-electron chi connectivity index (χ4n) is 7.88. The molecular formula is C39H54N2. The fourth-order valence-corrected chi connectivity index (χ4v) is 7.88. The van der Waals surface area contributed by atoms with Crippen molar-refractivity contribution in [2.45, 2.75) is 135 Å². The van der Waals surface area contributed by atoms with Crippen LogP contribution < -0.4 is 9.80 Å². The zero-order chi connectivity index (χ0) is 28.6. The van der Waals surface area contributed by atoms with E-state index in [4.69, 9.17) is 0 Å². The summed E-state index contributed by atoms with van der Waals surface area (Å²) < 4.78 is 0. The van der Waals surface area contributed by atoms with Crippen molar-refractivity contribution >= 4 is 17.1 Å². The summed E-state index contributed by atoms with van der Waals surface area (Å²) in [6, 6.07) is 30.1. The highest BCUT2D eigenvalue weighted by molar-refractivity contribution is 5.65. The van der Waals surface area contributed by atoms with E-state index < -0.39 is 0 Å². The Kier molecular flexibility index (Phi) is 10.5. The standard InChI is InChI=1S/C39H54N2/c1-5-12-34(13-6-2)40(38-18-10-14-30(3)28-38)36-24-20-32(21-25-36)33-22-26-37(27-23-33)41(35-16-8-7-9-17-35)39-19-11-15-31(4)29-39/h10-11,14-15,18-21,24-25,28-29,33-35,37H,5-9,12-13,16-17,22-23,26-27H2,1-4H3. The molecule has 2 fully saturated rings. The summed E-state index contributed by atoms with van der Waals surface area (Å²) >= 11 is 0. The molecule has 0 aromatic heterocycles. The molecule has 0 radical (unpaired) electrons. The third-order valence-corrected chi connectivity index (χ3v) is 9.89. The molecule has 41 heavy (non-hydrogen) atoms. The number of hydrogen-bond donors (Lipinski definition) is 0. The molecule has 0 amide bonds. The maximum absolute atomic E-state index is 2.87. The van der Waals surface area contributed by atoms with Gasteiger partial charge in [-0.15, -0.1) is 0 Å². The zero-order valence-electron chi connectivity index (χ0n) is 26.3. The molecular weight excluding hydrogens is 496 g/mol. The van der Waals surface area contributed by atoms with E-state index in [0.29, 0.717) is 18.0 Å². The van der Waals surface area contributed by atoms with E-state index in [0.717, 1.165) is 6.04 Å². The van der Waals surface area contributed by atoms with Gasteiger partial charge in [-0.05, 0) is 124 Å². The molecule has 0 unspecified atom stereocenters. The van der Waals surface area contributed by atoms with Crippen molar-refractivity contribution in [3.63, 3.8) is 0 Å². The van der Waals surface area contributed by atoms with Gasteiger partial charge in [-0.25, -0.2) is 0 Å². The minimum absolute atomic E-state index is 0.542. The van der Waals surface area contributed by atoms with Crippen LogP contribution in [0.25, 0.3) is 0 Å². The highest BCUT2D eigenvalue weighted by atomic mass is 15.2. The maximum Gasteiger partial charge on any atom is 0.0416 e. The lowest BCUT2D eigenvalue weighted by molar-refractivity contribution is 0.323. The molecule has 0 aliphatic heterocycles. The highest BCUT2D eigenvalue weighted by Crippen LogP contribution is 2.40. The molecule has 5 rings (SSSR count). The predicted octanol–water partition coefficient (Wildman–Crippen LogP) is 11.3. The first-order valence-electron chi connectivity index (χ1n) is 16.9. The van der Waals surface area contributed by atoms with Gasteiger partial charge < -0.3 is 9.80 Å². The Hall–Kier alpha value is -2.74. The number of benzene rings is 3. The third kappa shape index (κ3) is 7.37. The minimum Gasteiger partial charge on any atom is -0.366 e. The second-order valence-electron chi connectivity index (χ2n) is 13.1. The van der Waals surface area contributed by atoms with Crippen molar-refractivity contribution in [1.29, 1.82) is 0 Å². The molecule has 0 bridgehead atoms. The Morgan fingerprint density at radius 1 is 0.610 bits per heavy atom. The number of hydrogen-bond acceptors (Lipinski definition) is 2. The van der Waals surface area contributed by atoms with Gasteiger partial charge in [0.2, 0.25) is 0 Å². The molecule has 0 saturated heterocycles. The summed E-state index contributed by atoms with van der Waals surface area (Å²) in [5, 5.41) is 0. The predicted molar refractivity (Wildman–Crippen MR) is 179 cm³/mol. The van der Waals surface area contributed by atoms with Gasteiger partial charge in [-0.1, -0.05) is 82.3 Å². The fraction of sp³-hybridized carbons (Fsp3) is 0.538. The van der Waals surface area contributed by atoms with Gasteiger partial charge in [0, 0.05) is 35.2 Å². The molecule has 2 heteroatoms. The molecule has 2 aliphatic carbocycles. The Morgan fingerprint density at radius 3 is 1.76 bits per heavy atom. The maximum atomic E-state index is 2.87. The van der Waals surface area contributed by atoms with Crippen LogP contribution in [-0.2, 0) is 0 Å². The van der Waals surface area contributed by atoms with Crippen molar-refractivity contribution in [1.82, 2.24) is 0 Å². The number of nitrogens with zero attached hydrogens (tertiary/aromatic N) is 2. The first-order chi connectivity index (χ1) is 20.1. The summed E-state index contributed by atoms with van der Waals surface area (Å²) in [4.78, 5) is 5.50. The normalized spacial score (nSPS) is 19.8. The average molecular weight is 551 g/mol. The van der Waals surface area contributed by atoms with Crippen LogP contribution in [0.1, 0.15) is 120 Å². The second kappa shape index (κ2) is 14.4. The van der Waals surface area contributed by atoms with Crippen LogP contribution in [0.4, 0.5) is 17.1 Å². The molecule has 0 atom stereocenters. The van der Waals surface area contributed by atoms with Crippen molar-refractivity contribution in [3.05, 3.63) is 89.5 Å². The lowest BCUT2D eigenvalue weighted by atomic mass is 9.80. The van der Waals surface area contributed by atoms with E-state index in [1.54, 1.807) is 5.56 Å². The van der Waals surface area contributed by atoms with Crippen LogP contribution in [0.15, 0.2) is 72.8 Å². The molecule has 0 N–H and O–H groups in total. The summed E-state index contributed by atoms with van der Waals surface area (Å²) in [6.45, 7) is 9.11. The Morgan fingerprint density at radius 2 is 1.17 bits per heavy atom. The molecule has 3 aromatic rings. The van der Waals surface area contributed by atoms with E-state index in [-0.39, 0.29) is 0 Å². The van der Waals surface area contributed by atoms with Crippen LogP contribution >= 0.6 is 0 Å². The monoisotopic (exact) mass is 550 g/mol. The van der Waals surface area contributed by atoms with E-state index in [1.807, 2.05) is 0 Å². The molecule has 3 aromatic carbocycles. The molecule has 2 nitrogen and oxygen atoms in total. The Bertz CT molecular complexity index is 1190. The van der Waals surface area contributed by atoms with Crippen LogP contribution in [0.3, 0.4) is 0 Å². The SMILES string of the molecule is CCCC(CCC)N(c1ccc(C2CCC(N(c3cccc(C)c3)C3CCCCC3)CC2)cc1)c1cccc(C)c1. The number of rotatable bonds is 11. The van der Waals surface area contributed by atoms with Gasteiger partial charge in [0.15, 0.2) is 0 Å². The smallest absolute Gasteiger partial charge is 0.0416 e. The summed E-state index contributed by atoms with van der Waals surface area (Å²) in [5.41, 5.74) is 8.41. The van der Waals surface area contributed by atoms with Crippen LogP contribution in [-0.4, -0.2) is 18.1 Å². The Balaban J connectivity index is 1.31. The quantitative estimate of drug-likeness (QED) is 0.234. The lowest BCUT2D eigenvalue weighted by Gasteiger charge is -2.45. The molecule has 220 valence electrons. The van der Waals surface area contributed by atoms with Crippen molar-refractivity contribution in [3.8, 4) is 0 Å². The largest absolute Gasteiger partial charge is 0.366 e.